The van der Waals surface area contributed by atoms with Crippen molar-refractivity contribution < 1.29 is 19.1 Å². The summed E-state index contributed by atoms with van der Waals surface area (Å²) < 4.78 is 10.0. The Kier molecular flexibility index (Phi) is 6.53. The molecule has 1 rings (SSSR count). The molecule has 0 aliphatic heterocycles. The van der Waals surface area contributed by atoms with Crippen molar-refractivity contribution in [3.05, 3.63) is 26.6 Å². The lowest BCUT2D eigenvalue weighted by atomic mass is 9.86. The van der Waals surface area contributed by atoms with Gasteiger partial charge in [-0.15, -0.1) is 0 Å². The van der Waals surface area contributed by atoms with Gasteiger partial charge in [-0.25, -0.2) is 9.59 Å². The smallest absolute Gasteiger partial charge is 0.342 e. The van der Waals surface area contributed by atoms with Gasteiger partial charge in [0.2, 0.25) is 0 Å². The Bertz CT molecular complexity index is 729. The first-order valence-electron chi connectivity index (χ1n) is 8.83. The van der Waals surface area contributed by atoms with E-state index in [0.717, 1.165) is 13.1 Å². The zero-order chi connectivity index (χ0) is 20.7. The Hall–Kier alpha value is -1.19. The van der Waals surface area contributed by atoms with E-state index in [9.17, 15) is 9.59 Å². The summed E-state index contributed by atoms with van der Waals surface area (Å²) >= 11 is 0. The molecule has 0 aliphatic rings. The zero-order valence-electron chi connectivity index (χ0n) is 18.1. The summed E-state index contributed by atoms with van der Waals surface area (Å²) in [6.07, 6.45) is 0. The lowest BCUT2D eigenvalue weighted by Gasteiger charge is -2.20. The molecular formula is C20H33O4PSi. The molecular weight excluding hydrogens is 363 g/mol. The summed E-state index contributed by atoms with van der Waals surface area (Å²) in [4.78, 5) is 26.2. The Labute approximate surface area is 160 Å². The van der Waals surface area contributed by atoms with Crippen LogP contribution < -0.4 is 0 Å². The first kappa shape index (κ1) is 22.8. The molecule has 0 atom stereocenters. The first-order chi connectivity index (χ1) is 11.6. The van der Waals surface area contributed by atoms with Crippen LogP contribution in [0.3, 0.4) is 0 Å². The largest absolute Gasteiger partial charge is 0.466 e. The molecule has 6 heteroatoms. The van der Waals surface area contributed by atoms with Crippen LogP contribution in [-0.4, -0.2) is 34.2 Å². The molecule has 0 amide bonds. The van der Waals surface area contributed by atoms with Crippen LogP contribution in [0.4, 0.5) is 0 Å². The first-order valence-corrected chi connectivity index (χ1v) is 13.2. The average Bonchev–Trinajstić information content (AvgIpc) is 3.18. The van der Waals surface area contributed by atoms with Crippen LogP contribution >= 0.6 is 8.20 Å². The molecule has 0 radical (unpaired) electrons. The van der Waals surface area contributed by atoms with E-state index >= 15 is 0 Å². The standard InChI is InChI=1S/C20H33O4PSi/c1-19(2,3)12-13(20(4,5)6)14(12)25-15(17(21)23-7)16(18(22)24-8)26(9,10)11/h1-11H3/b16-15-. The van der Waals surface area contributed by atoms with E-state index in [0.29, 0.717) is 10.5 Å². The van der Waals surface area contributed by atoms with E-state index < -0.39 is 20.0 Å². The van der Waals surface area contributed by atoms with Crippen LogP contribution in [-0.2, 0) is 29.9 Å². The molecule has 0 unspecified atom stereocenters. The number of hydrogen-bond acceptors (Lipinski definition) is 4. The number of esters is 2. The minimum Gasteiger partial charge on any atom is -0.466 e. The van der Waals surface area contributed by atoms with Gasteiger partial charge in [0.15, 0.2) is 0 Å². The summed E-state index contributed by atoms with van der Waals surface area (Å²) in [6, 6.07) is 0. The van der Waals surface area contributed by atoms with Crippen LogP contribution in [0, 0.1) is 4.94 Å². The maximum absolute atomic E-state index is 12.6. The number of carbonyl (C=O) groups excluding carboxylic acids is 2. The highest BCUT2D eigenvalue weighted by Crippen LogP contribution is 2.48. The van der Waals surface area contributed by atoms with E-state index in [1.165, 1.54) is 25.3 Å². The normalized spacial score (nSPS) is 14.4. The van der Waals surface area contributed by atoms with E-state index in [1.807, 2.05) is 19.6 Å². The van der Waals surface area contributed by atoms with Crippen molar-refractivity contribution in [1.29, 1.82) is 0 Å². The zero-order valence-corrected chi connectivity index (χ0v) is 20.0. The lowest BCUT2D eigenvalue weighted by Crippen LogP contribution is -2.32. The second kappa shape index (κ2) is 7.44. The van der Waals surface area contributed by atoms with Crippen LogP contribution in [0.1, 0.15) is 52.7 Å². The molecule has 0 fully saturated rings. The highest BCUT2D eigenvalue weighted by Gasteiger charge is 2.38. The second-order valence-electron chi connectivity index (χ2n) is 9.67. The molecule has 0 heterocycles. The molecule has 0 bridgehead atoms. The number of carbonyl (C=O) groups is 2. The predicted molar refractivity (Wildman–Crippen MR) is 111 cm³/mol. The van der Waals surface area contributed by atoms with Crippen molar-refractivity contribution in [3.63, 3.8) is 0 Å². The van der Waals surface area contributed by atoms with Gasteiger partial charge in [0, 0.05) is 10.1 Å². The maximum Gasteiger partial charge on any atom is 0.342 e. The van der Waals surface area contributed by atoms with Crippen molar-refractivity contribution >= 4 is 28.2 Å². The van der Waals surface area contributed by atoms with Crippen LogP contribution in [0.2, 0.25) is 19.6 Å². The Morgan fingerprint density at radius 2 is 1.19 bits per heavy atom. The van der Waals surface area contributed by atoms with Crippen molar-refractivity contribution in [2.24, 2.45) is 0 Å². The highest BCUT2D eigenvalue weighted by atomic mass is 31.1. The minimum absolute atomic E-state index is 0.00321. The van der Waals surface area contributed by atoms with Gasteiger partial charge in [0.1, 0.15) is 0 Å². The van der Waals surface area contributed by atoms with Crippen molar-refractivity contribution in [2.75, 3.05) is 14.2 Å². The van der Waals surface area contributed by atoms with Crippen LogP contribution in [0.15, 0.2) is 10.5 Å². The topological polar surface area (TPSA) is 52.6 Å². The van der Waals surface area contributed by atoms with Crippen molar-refractivity contribution in [2.45, 2.75) is 72.0 Å². The molecule has 4 nitrogen and oxygen atoms in total. The lowest BCUT2D eigenvalue weighted by molar-refractivity contribution is -0.138. The quantitative estimate of drug-likeness (QED) is 0.307. The SMILES string of the molecule is COC(=O)/C(P=c1c(C(C)(C)C)c1C(C)(C)C)=C(\C(=O)OC)[Si](C)(C)C. The number of methoxy groups -OCH3 is 2. The van der Waals surface area contributed by atoms with Gasteiger partial charge in [-0.1, -0.05) is 69.4 Å². The van der Waals surface area contributed by atoms with E-state index in [1.54, 1.807) is 0 Å². The molecule has 26 heavy (non-hydrogen) atoms. The van der Waals surface area contributed by atoms with Crippen LogP contribution in [0.25, 0.3) is 0 Å². The number of hydrogen-bond donors (Lipinski definition) is 0. The van der Waals surface area contributed by atoms with Gasteiger partial charge < -0.3 is 9.47 Å². The number of rotatable bonds is 4. The maximum atomic E-state index is 12.6. The van der Waals surface area contributed by atoms with Gasteiger partial charge in [0.25, 0.3) is 0 Å². The number of ether oxygens (including phenoxy) is 2. The third-order valence-electron chi connectivity index (χ3n) is 4.14. The highest BCUT2D eigenvalue weighted by molar-refractivity contribution is 7.37. The fraction of sp³-hybridized carbons (Fsp3) is 0.650. The van der Waals surface area contributed by atoms with E-state index in [2.05, 4.69) is 41.5 Å². The Morgan fingerprint density at radius 1 is 0.808 bits per heavy atom. The average molecular weight is 397 g/mol. The summed E-state index contributed by atoms with van der Waals surface area (Å²) in [5.74, 6) is -0.872. The molecule has 0 aliphatic carbocycles. The van der Waals surface area contributed by atoms with Gasteiger partial charge in [-0.2, -0.15) is 0 Å². The van der Waals surface area contributed by atoms with Gasteiger partial charge >= 0.3 is 11.9 Å². The minimum atomic E-state index is -2.12. The molecule has 146 valence electrons. The molecule has 0 spiro atoms. The molecule has 1 aromatic rings. The Balaban J connectivity index is 3.86. The predicted octanol–water partition coefficient (Wildman–Crippen LogP) is 5.11. The molecule has 0 saturated heterocycles. The summed E-state index contributed by atoms with van der Waals surface area (Å²) in [5.41, 5.74) is 2.59. The summed E-state index contributed by atoms with van der Waals surface area (Å²) in [5, 5.41) is 0.934. The monoisotopic (exact) mass is 396 g/mol. The Morgan fingerprint density at radius 3 is 1.46 bits per heavy atom. The third kappa shape index (κ3) is 4.95. The molecule has 0 aromatic heterocycles. The summed E-state index contributed by atoms with van der Waals surface area (Å²) in [6.45, 7) is 19.2. The molecule has 0 saturated carbocycles. The van der Waals surface area contributed by atoms with E-state index in [4.69, 9.17) is 9.47 Å². The summed E-state index contributed by atoms with van der Waals surface area (Å²) in [7, 11) is 1.34. The van der Waals surface area contributed by atoms with Gasteiger partial charge in [0.05, 0.1) is 27.6 Å². The molecule has 0 N–H and O–H groups in total. The third-order valence-corrected chi connectivity index (χ3v) is 7.60. The van der Waals surface area contributed by atoms with Crippen molar-refractivity contribution in [1.82, 2.24) is 0 Å². The van der Waals surface area contributed by atoms with Crippen LogP contribution in [0.5, 0.6) is 0 Å². The van der Waals surface area contributed by atoms with E-state index in [-0.39, 0.29) is 10.8 Å². The van der Waals surface area contributed by atoms with Crippen molar-refractivity contribution in [3.8, 4) is 0 Å². The molecule has 1 aromatic carbocycles. The van der Waals surface area contributed by atoms with Gasteiger partial charge in [-0.05, 0) is 22.0 Å². The van der Waals surface area contributed by atoms with Gasteiger partial charge in [-0.3, -0.25) is 0 Å². The fourth-order valence-corrected chi connectivity index (χ4v) is 7.39. The fourth-order valence-electron chi connectivity index (χ4n) is 3.02. The second-order valence-corrected chi connectivity index (χ2v) is 15.8.